The largest absolute Gasteiger partial charge is 0.488 e. The maximum atomic E-state index is 12.9. The van der Waals surface area contributed by atoms with Gasteiger partial charge in [0.1, 0.15) is 5.75 Å². The Hall–Kier alpha value is -3.13. The van der Waals surface area contributed by atoms with Gasteiger partial charge in [-0.15, -0.1) is 11.3 Å². The fourth-order valence-corrected chi connectivity index (χ4v) is 3.98. The predicted molar refractivity (Wildman–Crippen MR) is 121 cm³/mol. The molecule has 0 radical (unpaired) electrons. The van der Waals surface area contributed by atoms with Crippen molar-refractivity contribution in [2.75, 3.05) is 11.5 Å². The van der Waals surface area contributed by atoms with E-state index in [4.69, 9.17) is 9.47 Å². The van der Waals surface area contributed by atoms with Crippen molar-refractivity contribution in [3.8, 4) is 22.8 Å². The summed E-state index contributed by atoms with van der Waals surface area (Å²) in [5.74, 6) is 1.06. The van der Waals surface area contributed by atoms with Crippen LogP contribution in [0.3, 0.4) is 0 Å². The normalized spacial score (nSPS) is 15.7. The van der Waals surface area contributed by atoms with Crippen molar-refractivity contribution in [2.45, 2.75) is 40.3 Å². The van der Waals surface area contributed by atoms with E-state index in [1.54, 1.807) is 29.4 Å². The highest BCUT2D eigenvalue weighted by Gasteiger charge is 2.32. The first kappa shape index (κ1) is 21.1. The molecule has 2 aromatic heterocycles. The van der Waals surface area contributed by atoms with Crippen molar-refractivity contribution in [3.05, 3.63) is 56.8 Å². The third kappa shape index (κ3) is 4.49. The van der Waals surface area contributed by atoms with E-state index in [0.29, 0.717) is 29.7 Å². The molecule has 1 atom stereocenters. The van der Waals surface area contributed by atoms with Gasteiger partial charge >= 0.3 is 0 Å². The van der Waals surface area contributed by atoms with Crippen LogP contribution in [0.4, 0.5) is 5.69 Å². The van der Waals surface area contributed by atoms with E-state index in [1.165, 1.54) is 6.07 Å². The number of fused-ring (bicyclic) bond motifs is 1. The molecule has 3 heterocycles. The number of H-pyrrole nitrogens is 1. The van der Waals surface area contributed by atoms with E-state index in [-0.39, 0.29) is 23.6 Å². The number of aromatic amines is 1. The minimum Gasteiger partial charge on any atom is -0.488 e. The SMILES string of the molecule is Cc1nc(-c2ccc3c(c2)N(Cc2cc(=O)c(OCC(C)C)c[nH]2)C(=O)C(C)O3)cs1. The van der Waals surface area contributed by atoms with Crippen molar-refractivity contribution in [2.24, 2.45) is 5.92 Å². The Kier molecular flexibility index (Phi) is 5.82. The number of benzene rings is 1. The second kappa shape index (κ2) is 8.55. The average Bonchev–Trinajstić information content (AvgIpc) is 3.16. The molecule has 8 heteroatoms. The number of aryl methyl sites for hydroxylation is 1. The predicted octanol–water partition coefficient (Wildman–Crippen LogP) is 4.16. The molecule has 1 N–H and O–H groups in total. The molecule has 0 saturated heterocycles. The number of ether oxygens (including phenoxy) is 2. The molecule has 1 aromatic carbocycles. The summed E-state index contributed by atoms with van der Waals surface area (Å²) in [6.45, 7) is 8.41. The second-order valence-electron chi connectivity index (χ2n) is 8.01. The summed E-state index contributed by atoms with van der Waals surface area (Å²) in [7, 11) is 0. The molecule has 0 spiro atoms. The summed E-state index contributed by atoms with van der Waals surface area (Å²) in [5.41, 5.74) is 2.83. The maximum Gasteiger partial charge on any atom is 0.268 e. The van der Waals surface area contributed by atoms with Gasteiger partial charge in [-0.1, -0.05) is 13.8 Å². The van der Waals surface area contributed by atoms with Crippen LogP contribution in [0.1, 0.15) is 31.5 Å². The number of rotatable bonds is 6. The zero-order valence-corrected chi connectivity index (χ0v) is 18.8. The van der Waals surface area contributed by atoms with Crippen LogP contribution in [0.5, 0.6) is 11.5 Å². The Labute approximate surface area is 184 Å². The van der Waals surface area contributed by atoms with Crippen LogP contribution in [0.2, 0.25) is 0 Å². The summed E-state index contributed by atoms with van der Waals surface area (Å²) in [5, 5.41) is 2.96. The number of carbonyl (C=O) groups excluding carboxylic acids is 1. The lowest BCUT2D eigenvalue weighted by atomic mass is 10.1. The fourth-order valence-electron chi connectivity index (χ4n) is 3.36. The first-order valence-electron chi connectivity index (χ1n) is 10.2. The number of anilines is 1. The molecular weight excluding hydrogens is 414 g/mol. The van der Waals surface area contributed by atoms with E-state index in [1.807, 2.05) is 44.4 Å². The highest BCUT2D eigenvalue weighted by atomic mass is 32.1. The van der Waals surface area contributed by atoms with Gasteiger partial charge in [-0.2, -0.15) is 0 Å². The van der Waals surface area contributed by atoms with Crippen LogP contribution in [0, 0.1) is 12.8 Å². The van der Waals surface area contributed by atoms with Crippen molar-refractivity contribution in [1.29, 1.82) is 0 Å². The zero-order chi connectivity index (χ0) is 22.1. The highest BCUT2D eigenvalue weighted by Crippen LogP contribution is 2.38. The number of thiazole rings is 1. The second-order valence-corrected chi connectivity index (χ2v) is 9.07. The Balaban J connectivity index is 1.65. The first-order valence-corrected chi connectivity index (χ1v) is 11.1. The van der Waals surface area contributed by atoms with Crippen molar-refractivity contribution >= 4 is 22.9 Å². The lowest BCUT2D eigenvalue weighted by Gasteiger charge is -2.33. The third-order valence-corrected chi connectivity index (χ3v) is 5.69. The van der Waals surface area contributed by atoms with Crippen LogP contribution in [0.15, 0.2) is 40.6 Å². The molecule has 162 valence electrons. The van der Waals surface area contributed by atoms with Gasteiger partial charge in [-0.3, -0.25) is 14.5 Å². The van der Waals surface area contributed by atoms with E-state index in [9.17, 15) is 9.59 Å². The molecule has 0 fully saturated rings. The molecule has 3 aromatic rings. The van der Waals surface area contributed by atoms with Crippen molar-refractivity contribution in [1.82, 2.24) is 9.97 Å². The first-order chi connectivity index (χ1) is 14.8. The minimum absolute atomic E-state index is 0.167. The summed E-state index contributed by atoms with van der Waals surface area (Å²) >= 11 is 1.58. The molecule has 4 rings (SSSR count). The molecule has 0 aliphatic carbocycles. The molecule has 7 nitrogen and oxygen atoms in total. The smallest absolute Gasteiger partial charge is 0.268 e. The van der Waals surface area contributed by atoms with Gasteiger partial charge in [0, 0.05) is 28.9 Å². The highest BCUT2D eigenvalue weighted by molar-refractivity contribution is 7.09. The number of carbonyl (C=O) groups is 1. The summed E-state index contributed by atoms with van der Waals surface area (Å²) < 4.78 is 11.4. The Morgan fingerprint density at radius 3 is 2.77 bits per heavy atom. The topological polar surface area (TPSA) is 84.5 Å². The lowest BCUT2D eigenvalue weighted by Crippen LogP contribution is -2.44. The molecular formula is C23H25N3O4S. The molecule has 1 amide bonds. The van der Waals surface area contributed by atoms with Gasteiger partial charge < -0.3 is 14.5 Å². The number of amides is 1. The van der Waals surface area contributed by atoms with Gasteiger partial charge in [0.15, 0.2) is 11.9 Å². The Morgan fingerprint density at radius 2 is 2.10 bits per heavy atom. The molecule has 0 saturated carbocycles. The van der Waals surface area contributed by atoms with E-state index < -0.39 is 6.10 Å². The molecule has 31 heavy (non-hydrogen) atoms. The zero-order valence-electron chi connectivity index (χ0n) is 18.0. The van der Waals surface area contributed by atoms with Crippen LogP contribution in [-0.4, -0.2) is 28.6 Å². The molecule has 0 bridgehead atoms. The van der Waals surface area contributed by atoms with Gasteiger partial charge in [0.05, 0.1) is 29.5 Å². The maximum absolute atomic E-state index is 12.9. The number of hydrogen-bond acceptors (Lipinski definition) is 6. The number of aromatic nitrogens is 2. The van der Waals surface area contributed by atoms with Crippen LogP contribution in [-0.2, 0) is 11.3 Å². The summed E-state index contributed by atoms with van der Waals surface area (Å²) in [4.78, 5) is 34.7. The van der Waals surface area contributed by atoms with Gasteiger partial charge in [0.2, 0.25) is 5.43 Å². The van der Waals surface area contributed by atoms with E-state index in [2.05, 4.69) is 9.97 Å². The van der Waals surface area contributed by atoms with Crippen LogP contribution >= 0.6 is 11.3 Å². The van der Waals surface area contributed by atoms with Crippen LogP contribution in [0.25, 0.3) is 11.3 Å². The minimum atomic E-state index is -0.611. The molecule has 1 aliphatic heterocycles. The van der Waals surface area contributed by atoms with Crippen molar-refractivity contribution < 1.29 is 14.3 Å². The van der Waals surface area contributed by atoms with Gasteiger partial charge in [-0.05, 0) is 38.0 Å². The molecule has 1 aliphatic rings. The monoisotopic (exact) mass is 439 g/mol. The van der Waals surface area contributed by atoms with E-state index >= 15 is 0 Å². The quantitative estimate of drug-likeness (QED) is 0.624. The van der Waals surface area contributed by atoms with E-state index in [0.717, 1.165) is 16.3 Å². The third-order valence-electron chi connectivity index (χ3n) is 4.92. The van der Waals surface area contributed by atoms with Gasteiger partial charge in [-0.25, -0.2) is 4.98 Å². The lowest BCUT2D eigenvalue weighted by molar-refractivity contribution is -0.125. The van der Waals surface area contributed by atoms with Crippen LogP contribution < -0.4 is 19.8 Å². The average molecular weight is 440 g/mol. The standard InChI is InChI=1S/C23H25N3O4S/c1-13(2)11-29-22-9-24-17(8-20(22)27)10-26-19-7-16(18-12-31-15(4)25-18)5-6-21(19)30-14(3)23(26)28/h5-9,12-14H,10-11H2,1-4H3,(H,24,27). The molecule has 1 unspecified atom stereocenters. The van der Waals surface area contributed by atoms with Crippen molar-refractivity contribution in [3.63, 3.8) is 0 Å². The number of nitrogens with zero attached hydrogens (tertiary/aromatic N) is 2. The Bertz CT molecular complexity index is 1170. The number of hydrogen-bond donors (Lipinski definition) is 1. The Morgan fingerprint density at radius 1 is 1.29 bits per heavy atom. The summed E-state index contributed by atoms with van der Waals surface area (Å²) in [6, 6.07) is 7.19. The number of nitrogens with one attached hydrogen (secondary N) is 1. The summed E-state index contributed by atoms with van der Waals surface area (Å²) in [6.07, 6.45) is 0.948. The fraction of sp³-hybridized carbons (Fsp3) is 0.348. The number of pyridine rings is 1. The van der Waals surface area contributed by atoms with Gasteiger partial charge in [0.25, 0.3) is 5.91 Å².